The van der Waals surface area contributed by atoms with Crippen molar-refractivity contribution in [3.63, 3.8) is 0 Å². The zero-order valence-corrected chi connectivity index (χ0v) is 18.3. The maximum Gasteiger partial charge on any atom is 0.260 e. The van der Waals surface area contributed by atoms with Gasteiger partial charge in [-0.3, -0.25) is 4.79 Å². The predicted molar refractivity (Wildman–Crippen MR) is 125 cm³/mol. The van der Waals surface area contributed by atoms with Crippen LogP contribution in [0.5, 0.6) is 11.5 Å². The second-order valence-electron chi connectivity index (χ2n) is 7.16. The van der Waals surface area contributed by atoms with Gasteiger partial charge in [0.05, 0.1) is 5.56 Å². The van der Waals surface area contributed by atoms with Gasteiger partial charge in [-0.1, -0.05) is 41.9 Å². The molecule has 1 amide bonds. The van der Waals surface area contributed by atoms with E-state index in [1.54, 1.807) is 66.9 Å². The highest BCUT2D eigenvalue weighted by atomic mass is 35.5. The van der Waals surface area contributed by atoms with Gasteiger partial charge in [0.15, 0.2) is 0 Å². The lowest BCUT2D eigenvalue weighted by Crippen LogP contribution is -2.15. The Kier molecular flexibility index (Phi) is 7.17. The van der Waals surface area contributed by atoms with Crippen LogP contribution in [0.2, 0.25) is 5.02 Å². The number of halogens is 2. The molecule has 0 spiro atoms. The molecule has 7 heteroatoms. The van der Waals surface area contributed by atoms with E-state index >= 15 is 0 Å². The van der Waals surface area contributed by atoms with Crippen molar-refractivity contribution in [3.05, 3.63) is 119 Å². The Morgan fingerprint density at radius 1 is 0.879 bits per heavy atom. The normalized spacial score (nSPS) is 10.5. The van der Waals surface area contributed by atoms with Crippen LogP contribution in [-0.4, -0.2) is 10.9 Å². The fourth-order valence-electron chi connectivity index (χ4n) is 3.06. The van der Waals surface area contributed by atoms with E-state index in [0.29, 0.717) is 27.9 Å². The molecule has 0 fully saturated rings. The summed E-state index contributed by atoms with van der Waals surface area (Å²) in [5, 5.41) is 3.39. The van der Waals surface area contributed by atoms with E-state index in [9.17, 15) is 9.18 Å². The van der Waals surface area contributed by atoms with Gasteiger partial charge in [-0.25, -0.2) is 9.37 Å². The molecule has 0 atom stereocenters. The zero-order chi connectivity index (χ0) is 23.0. The summed E-state index contributed by atoms with van der Waals surface area (Å²) >= 11 is 5.94. The Labute approximate surface area is 195 Å². The average Bonchev–Trinajstić information content (AvgIpc) is 2.83. The number of ether oxygens (including phenoxy) is 2. The molecule has 4 aromatic rings. The minimum absolute atomic E-state index is 0.157. The lowest BCUT2D eigenvalue weighted by Gasteiger charge is -2.14. The molecule has 0 saturated carbocycles. The van der Waals surface area contributed by atoms with Gasteiger partial charge in [0.1, 0.15) is 36.3 Å². The number of anilines is 1. The molecule has 4 rings (SSSR count). The Morgan fingerprint density at radius 2 is 1.70 bits per heavy atom. The number of nitrogens with one attached hydrogen (secondary N) is 1. The van der Waals surface area contributed by atoms with E-state index in [0.717, 1.165) is 5.56 Å². The number of aromatic nitrogens is 1. The van der Waals surface area contributed by atoms with Gasteiger partial charge < -0.3 is 14.8 Å². The van der Waals surface area contributed by atoms with Crippen LogP contribution in [0.15, 0.2) is 91.1 Å². The summed E-state index contributed by atoms with van der Waals surface area (Å²) in [6, 6.07) is 23.6. The van der Waals surface area contributed by atoms with Crippen LogP contribution >= 0.6 is 11.6 Å². The molecule has 166 valence electrons. The number of pyridine rings is 1. The van der Waals surface area contributed by atoms with Crippen molar-refractivity contribution in [1.29, 1.82) is 0 Å². The summed E-state index contributed by atoms with van der Waals surface area (Å²) in [6.45, 7) is 0.411. The van der Waals surface area contributed by atoms with Crippen molar-refractivity contribution in [1.82, 2.24) is 4.98 Å². The second-order valence-corrected chi connectivity index (χ2v) is 7.60. The van der Waals surface area contributed by atoms with Crippen molar-refractivity contribution in [2.24, 2.45) is 0 Å². The zero-order valence-electron chi connectivity index (χ0n) is 17.5. The largest absolute Gasteiger partial charge is 0.489 e. The monoisotopic (exact) mass is 462 g/mol. The van der Waals surface area contributed by atoms with E-state index in [-0.39, 0.29) is 24.6 Å². The van der Waals surface area contributed by atoms with E-state index in [1.165, 1.54) is 12.1 Å². The quantitative estimate of drug-likeness (QED) is 0.334. The van der Waals surface area contributed by atoms with Crippen LogP contribution < -0.4 is 14.8 Å². The molecule has 5 nitrogen and oxygen atoms in total. The highest BCUT2D eigenvalue weighted by Crippen LogP contribution is 2.27. The number of carbonyl (C=O) groups is 1. The molecule has 0 aliphatic carbocycles. The van der Waals surface area contributed by atoms with Gasteiger partial charge in [-0.15, -0.1) is 0 Å². The SMILES string of the molecule is O=C(Nc1ccccn1)c1cc(OCc2cccc(F)c2)ccc1OCc1ccc(Cl)cc1. The Morgan fingerprint density at radius 3 is 2.45 bits per heavy atom. The van der Waals surface area contributed by atoms with Gasteiger partial charge in [0.2, 0.25) is 0 Å². The van der Waals surface area contributed by atoms with Crippen LogP contribution in [0, 0.1) is 5.82 Å². The van der Waals surface area contributed by atoms with Crippen molar-refractivity contribution in [3.8, 4) is 11.5 Å². The molecule has 0 aliphatic heterocycles. The van der Waals surface area contributed by atoms with Crippen LogP contribution in [0.25, 0.3) is 0 Å². The molecule has 33 heavy (non-hydrogen) atoms. The molecule has 0 unspecified atom stereocenters. The predicted octanol–water partition coefficient (Wildman–Crippen LogP) is 6.28. The minimum atomic E-state index is -0.393. The highest BCUT2D eigenvalue weighted by Gasteiger charge is 2.16. The summed E-state index contributed by atoms with van der Waals surface area (Å²) in [5.74, 6) is 0.520. The minimum Gasteiger partial charge on any atom is -0.489 e. The van der Waals surface area contributed by atoms with Crippen molar-refractivity contribution < 1.29 is 18.7 Å². The third-order valence-corrected chi connectivity index (χ3v) is 4.96. The number of hydrogen-bond donors (Lipinski definition) is 1. The van der Waals surface area contributed by atoms with E-state index in [2.05, 4.69) is 10.3 Å². The van der Waals surface area contributed by atoms with Crippen LogP contribution in [0.4, 0.5) is 10.2 Å². The van der Waals surface area contributed by atoms with Gasteiger partial charge in [-0.05, 0) is 65.7 Å². The third-order valence-electron chi connectivity index (χ3n) is 4.70. The summed E-state index contributed by atoms with van der Waals surface area (Å²) < 4.78 is 25.1. The molecular weight excluding hydrogens is 443 g/mol. The van der Waals surface area contributed by atoms with Gasteiger partial charge in [0, 0.05) is 11.2 Å². The number of benzene rings is 3. The molecule has 1 N–H and O–H groups in total. The molecule has 0 aliphatic rings. The highest BCUT2D eigenvalue weighted by molar-refractivity contribution is 6.30. The second kappa shape index (κ2) is 10.6. The van der Waals surface area contributed by atoms with E-state index < -0.39 is 5.91 Å². The number of carbonyl (C=O) groups excluding carboxylic acids is 1. The summed E-state index contributed by atoms with van der Waals surface area (Å²) in [7, 11) is 0. The van der Waals surface area contributed by atoms with E-state index in [1.807, 2.05) is 12.1 Å². The lowest BCUT2D eigenvalue weighted by atomic mass is 10.1. The fraction of sp³-hybridized carbons (Fsp3) is 0.0769. The van der Waals surface area contributed by atoms with Crippen molar-refractivity contribution in [2.45, 2.75) is 13.2 Å². The molecule has 3 aromatic carbocycles. The number of hydrogen-bond acceptors (Lipinski definition) is 4. The first-order valence-electron chi connectivity index (χ1n) is 10.2. The van der Waals surface area contributed by atoms with Crippen LogP contribution in [0.1, 0.15) is 21.5 Å². The molecular formula is C26H20ClFN2O3. The maximum atomic E-state index is 13.4. The number of nitrogens with zero attached hydrogens (tertiary/aromatic N) is 1. The van der Waals surface area contributed by atoms with E-state index in [4.69, 9.17) is 21.1 Å². The Hall–Kier alpha value is -3.90. The smallest absolute Gasteiger partial charge is 0.260 e. The van der Waals surface area contributed by atoms with Crippen molar-refractivity contribution >= 4 is 23.3 Å². The van der Waals surface area contributed by atoms with Gasteiger partial charge >= 0.3 is 0 Å². The maximum absolute atomic E-state index is 13.4. The van der Waals surface area contributed by atoms with Gasteiger partial charge in [0.25, 0.3) is 5.91 Å². The first kappa shape index (κ1) is 22.3. The number of amides is 1. The molecule has 0 radical (unpaired) electrons. The Balaban J connectivity index is 1.54. The fourth-order valence-corrected chi connectivity index (χ4v) is 3.18. The summed E-state index contributed by atoms with van der Waals surface area (Å²) in [4.78, 5) is 17.1. The molecule has 1 heterocycles. The summed E-state index contributed by atoms with van der Waals surface area (Å²) in [5.41, 5.74) is 1.87. The average molecular weight is 463 g/mol. The standard InChI is InChI=1S/C26H20ClFN2O3/c27-20-9-7-18(8-10-20)16-33-24-12-11-22(32-17-19-4-3-5-21(28)14-19)15-23(24)26(31)30-25-6-1-2-13-29-25/h1-15H,16-17H2,(H,29,30,31). The lowest BCUT2D eigenvalue weighted by molar-refractivity contribution is 0.102. The number of rotatable bonds is 8. The third kappa shape index (κ3) is 6.30. The first-order chi connectivity index (χ1) is 16.1. The first-order valence-corrected chi connectivity index (χ1v) is 10.6. The van der Waals surface area contributed by atoms with Gasteiger partial charge in [-0.2, -0.15) is 0 Å². The Bertz CT molecular complexity index is 1230. The molecule has 0 saturated heterocycles. The van der Waals surface area contributed by atoms with Crippen molar-refractivity contribution in [2.75, 3.05) is 5.32 Å². The molecule has 0 bridgehead atoms. The van der Waals surface area contributed by atoms with Crippen LogP contribution in [0.3, 0.4) is 0 Å². The topological polar surface area (TPSA) is 60.5 Å². The van der Waals surface area contributed by atoms with Crippen LogP contribution in [-0.2, 0) is 13.2 Å². The molecule has 1 aromatic heterocycles. The summed E-state index contributed by atoms with van der Waals surface area (Å²) in [6.07, 6.45) is 1.59.